The molecule has 0 radical (unpaired) electrons. The summed E-state index contributed by atoms with van der Waals surface area (Å²) in [4.78, 5) is 37.5. The highest BCUT2D eigenvalue weighted by molar-refractivity contribution is 6.31. The number of rotatable bonds is 1. The topological polar surface area (TPSA) is 60.4 Å². The zero-order chi connectivity index (χ0) is 17.9. The molecule has 3 atom stereocenters. The fourth-order valence-electron chi connectivity index (χ4n) is 4.72. The van der Waals surface area contributed by atoms with E-state index >= 15 is 0 Å². The van der Waals surface area contributed by atoms with Gasteiger partial charge in [0.15, 0.2) is 5.78 Å². The van der Waals surface area contributed by atoms with Gasteiger partial charge >= 0.3 is 11.9 Å². The molecular weight excluding hydrogens is 340 g/mol. The third-order valence-electron chi connectivity index (χ3n) is 5.61. The van der Waals surface area contributed by atoms with E-state index in [1.54, 1.807) is 6.07 Å². The molecule has 0 spiro atoms. The van der Waals surface area contributed by atoms with Crippen LogP contribution in [0.5, 0.6) is 0 Å². The minimum absolute atomic E-state index is 0.0227. The van der Waals surface area contributed by atoms with Crippen molar-refractivity contribution in [3.63, 3.8) is 0 Å². The number of cyclic esters (lactones) is 2. The molecule has 25 heavy (non-hydrogen) atoms. The van der Waals surface area contributed by atoms with E-state index in [2.05, 4.69) is 13.8 Å². The van der Waals surface area contributed by atoms with Crippen LogP contribution in [0, 0.1) is 17.3 Å². The molecule has 4 rings (SSSR count). The van der Waals surface area contributed by atoms with Crippen molar-refractivity contribution in [3.8, 4) is 0 Å². The predicted octanol–water partition coefficient (Wildman–Crippen LogP) is 3.83. The van der Waals surface area contributed by atoms with Crippen LogP contribution in [0.15, 0.2) is 35.4 Å². The number of ketones is 1. The van der Waals surface area contributed by atoms with Crippen LogP contribution >= 0.6 is 11.6 Å². The first-order valence-corrected chi connectivity index (χ1v) is 8.91. The smallest absolute Gasteiger partial charge is 0.322 e. The third-order valence-corrected chi connectivity index (χ3v) is 5.96. The number of fused-ring (bicyclic) bond motifs is 2. The fourth-order valence-corrected chi connectivity index (χ4v) is 4.99. The van der Waals surface area contributed by atoms with Gasteiger partial charge in [-0.15, -0.1) is 0 Å². The highest BCUT2D eigenvalue weighted by atomic mass is 35.5. The summed E-state index contributed by atoms with van der Waals surface area (Å²) in [6.07, 6.45) is 1.71. The quantitative estimate of drug-likeness (QED) is 0.565. The fraction of sp³-hybridized carbons (Fsp3) is 0.450. The van der Waals surface area contributed by atoms with Crippen LogP contribution in [0.2, 0.25) is 5.02 Å². The van der Waals surface area contributed by atoms with Gasteiger partial charge in [-0.3, -0.25) is 14.4 Å². The lowest BCUT2D eigenvalue weighted by Crippen LogP contribution is -2.39. The lowest BCUT2D eigenvalue weighted by Gasteiger charge is -2.40. The van der Waals surface area contributed by atoms with Gasteiger partial charge in [-0.05, 0) is 29.9 Å². The Morgan fingerprint density at radius 3 is 2.52 bits per heavy atom. The largest absolute Gasteiger partial charge is 0.392 e. The molecule has 0 bridgehead atoms. The lowest BCUT2D eigenvalue weighted by molar-refractivity contribution is -0.153. The van der Waals surface area contributed by atoms with E-state index in [1.807, 2.05) is 18.2 Å². The third kappa shape index (κ3) is 2.54. The Morgan fingerprint density at radius 2 is 1.80 bits per heavy atom. The van der Waals surface area contributed by atoms with Crippen LogP contribution in [0.25, 0.3) is 0 Å². The summed E-state index contributed by atoms with van der Waals surface area (Å²) in [6.45, 7) is 4.12. The SMILES string of the molecule is CC1(C)CC(=O)C2=C(C[C@H](c3ccccc3Cl)[C@H]3C(=O)OC(=O)[C@@H]23)C1. The van der Waals surface area contributed by atoms with Crippen LogP contribution in [-0.4, -0.2) is 17.7 Å². The van der Waals surface area contributed by atoms with Crippen molar-refractivity contribution in [2.75, 3.05) is 0 Å². The number of halogens is 1. The van der Waals surface area contributed by atoms with E-state index in [4.69, 9.17) is 16.3 Å². The Labute approximate surface area is 151 Å². The molecule has 130 valence electrons. The van der Waals surface area contributed by atoms with Crippen LogP contribution in [-0.2, 0) is 19.1 Å². The van der Waals surface area contributed by atoms with Gasteiger partial charge in [0.05, 0.1) is 11.8 Å². The van der Waals surface area contributed by atoms with Crippen molar-refractivity contribution in [2.24, 2.45) is 17.3 Å². The van der Waals surface area contributed by atoms with Crippen LogP contribution in [0.1, 0.15) is 44.6 Å². The Morgan fingerprint density at radius 1 is 1.08 bits per heavy atom. The Hall–Kier alpha value is -1.94. The zero-order valence-corrected chi connectivity index (χ0v) is 14.9. The number of esters is 2. The first kappa shape index (κ1) is 16.5. The molecule has 0 saturated carbocycles. The maximum atomic E-state index is 12.7. The summed E-state index contributed by atoms with van der Waals surface area (Å²) in [6, 6.07) is 7.38. The van der Waals surface area contributed by atoms with Crippen molar-refractivity contribution < 1.29 is 19.1 Å². The monoisotopic (exact) mass is 358 g/mol. The van der Waals surface area contributed by atoms with Crippen molar-refractivity contribution >= 4 is 29.3 Å². The number of ether oxygens (including phenoxy) is 1. The molecule has 3 aliphatic rings. The lowest BCUT2D eigenvalue weighted by atomic mass is 9.60. The molecule has 0 unspecified atom stereocenters. The Balaban J connectivity index is 1.87. The van der Waals surface area contributed by atoms with Crippen molar-refractivity contribution in [2.45, 2.75) is 39.0 Å². The van der Waals surface area contributed by atoms with Crippen molar-refractivity contribution in [1.82, 2.24) is 0 Å². The number of Topliss-reactive ketones (excluding diaryl/α,β-unsaturated/α-hetero) is 1. The van der Waals surface area contributed by atoms with Gasteiger partial charge in [0.25, 0.3) is 0 Å². The molecule has 2 aliphatic carbocycles. The second-order valence-corrected chi connectivity index (χ2v) is 8.44. The molecule has 1 heterocycles. The normalized spacial score (nSPS) is 30.8. The van der Waals surface area contributed by atoms with E-state index in [1.165, 1.54) is 0 Å². The van der Waals surface area contributed by atoms with E-state index in [9.17, 15) is 14.4 Å². The molecule has 0 N–H and O–H groups in total. The Kier molecular flexibility index (Phi) is 3.66. The van der Waals surface area contributed by atoms with Gasteiger partial charge in [-0.2, -0.15) is 0 Å². The zero-order valence-electron chi connectivity index (χ0n) is 14.2. The van der Waals surface area contributed by atoms with Crippen LogP contribution in [0.3, 0.4) is 0 Å². The number of carbonyl (C=O) groups excluding carboxylic acids is 3. The van der Waals surface area contributed by atoms with Crippen LogP contribution < -0.4 is 0 Å². The van der Waals surface area contributed by atoms with E-state index in [0.29, 0.717) is 23.4 Å². The standard InChI is InChI=1S/C20H19ClO4/c1-20(2)8-10-7-12(11-5-3-4-6-13(11)21)16-17(15(10)14(22)9-20)19(24)25-18(16)23/h3-6,12,16-17H,7-9H2,1-2H3/t12-,16-,17+/m1/s1. The number of benzene rings is 1. The summed E-state index contributed by atoms with van der Waals surface area (Å²) >= 11 is 6.37. The van der Waals surface area contributed by atoms with Gasteiger partial charge in [0.1, 0.15) is 0 Å². The van der Waals surface area contributed by atoms with Gasteiger partial charge < -0.3 is 4.74 Å². The second kappa shape index (κ2) is 5.53. The molecule has 0 aromatic heterocycles. The first-order valence-electron chi connectivity index (χ1n) is 8.53. The average Bonchev–Trinajstić information content (AvgIpc) is 2.80. The summed E-state index contributed by atoms with van der Waals surface area (Å²) in [7, 11) is 0. The minimum Gasteiger partial charge on any atom is -0.392 e. The van der Waals surface area contributed by atoms with Gasteiger partial charge in [0.2, 0.25) is 0 Å². The van der Waals surface area contributed by atoms with E-state index in [0.717, 1.165) is 17.6 Å². The van der Waals surface area contributed by atoms with E-state index < -0.39 is 23.8 Å². The van der Waals surface area contributed by atoms with Gasteiger partial charge in [0, 0.05) is 22.9 Å². The molecule has 1 aromatic rings. The average molecular weight is 359 g/mol. The van der Waals surface area contributed by atoms with E-state index in [-0.39, 0.29) is 17.1 Å². The molecule has 0 amide bonds. The van der Waals surface area contributed by atoms with Crippen molar-refractivity contribution in [3.05, 3.63) is 46.0 Å². The number of allylic oxidation sites excluding steroid dienone is 1. The number of hydrogen-bond acceptors (Lipinski definition) is 4. The molecule has 1 aliphatic heterocycles. The summed E-state index contributed by atoms with van der Waals surface area (Å²) in [5.41, 5.74) is 2.22. The molecular formula is C20H19ClO4. The minimum atomic E-state index is -0.777. The van der Waals surface area contributed by atoms with Crippen LogP contribution in [0.4, 0.5) is 0 Å². The van der Waals surface area contributed by atoms with Crippen molar-refractivity contribution in [1.29, 1.82) is 0 Å². The number of hydrogen-bond donors (Lipinski definition) is 0. The molecule has 4 nitrogen and oxygen atoms in total. The maximum Gasteiger partial charge on any atom is 0.322 e. The Bertz CT molecular complexity index is 836. The highest BCUT2D eigenvalue weighted by Gasteiger charge is 2.56. The predicted molar refractivity (Wildman–Crippen MR) is 91.9 cm³/mol. The molecule has 1 fully saturated rings. The molecule has 5 heteroatoms. The van der Waals surface area contributed by atoms with Gasteiger partial charge in [-0.1, -0.05) is 49.2 Å². The molecule has 1 aromatic carbocycles. The first-order chi connectivity index (χ1) is 11.8. The summed E-state index contributed by atoms with van der Waals surface area (Å²) in [5, 5.41) is 0.573. The second-order valence-electron chi connectivity index (χ2n) is 8.03. The number of carbonyl (C=O) groups is 3. The summed E-state index contributed by atoms with van der Waals surface area (Å²) in [5.74, 6) is -2.82. The maximum absolute atomic E-state index is 12.7. The van der Waals surface area contributed by atoms with Gasteiger partial charge in [-0.25, -0.2) is 0 Å². The highest BCUT2D eigenvalue weighted by Crippen LogP contribution is 2.54. The summed E-state index contributed by atoms with van der Waals surface area (Å²) < 4.78 is 4.94. The molecule has 1 saturated heterocycles.